The predicted octanol–water partition coefficient (Wildman–Crippen LogP) is 2.79. The van der Waals surface area contributed by atoms with Crippen LogP contribution in [0.4, 0.5) is 13.2 Å². The molecule has 1 N–H and O–H groups in total. The zero-order valence-corrected chi connectivity index (χ0v) is 9.47. The largest absolute Gasteiger partial charge is 0.496 e. The first-order valence-corrected chi connectivity index (χ1v) is 5.48. The lowest BCUT2D eigenvalue weighted by Gasteiger charge is -2.16. The van der Waals surface area contributed by atoms with E-state index in [0.29, 0.717) is 5.75 Å². The van der Waals surface area contributed by atoms with Crippen LogP contribution in [0, 0.1) is 0 Å². The Labute approximate surface area is 97.8 Å². The second-order valence-electron chi connectivity index (χ2n) is 4.14. The van der Waals surface area contributed by atoms with Gasteiger partial charge in [-0.05, 0) is 30.7 Å². The number of ether oxygens (including phenoxy) is 1. The third-order valence-corrected chi connectivity index (χ3v) is 3.06. The first kappa shape index (κ1) is 12.2. The van der Waals surface area contributed by atoms with Crippen LogP contribution < -0.4 is 10.1 Å². The fourth-order valence-corrected chi connectivity index (χ4v) is 2.14. The Kier molecular flexibility index (Phi) is 3.28. The third-order valence-electron chi connectivity index (χ3n) is 3.06. The lowest BCUT2D eigenvalue weighted by molar-refractivity contribution is -0.137. The Bertz CT molecular complexity index is 397. The fraction of sp³-hybridized carbons (Fsp3) is 0.500. The zero-order valence-electron chi connectivity index (χ0n) is 9.47. The Morgan fingerprint density at radius 3 is 2.65 bits per heavy atom. The van der Waals surface area contributed by atoms with Gasteiger partial charge in [0.25, 0.3) is 0 Å². The molecule has 1 aromatic rings. The summed E-state index contributed by atoms with van der Waals surface area (Å²) in [4.78, 5) is 0. The minimum atomic E-state index is -4.32. The van der Waals surface area contributed by atoms with E-state index in [4.69, 9.17) is 4.74 Å². The van der Waals surface area contributed by atoms with Crippen molar-refractivity contribution in [1.29, 1.82) is 0 Å². The number of rotatable bonds is 2. The van der Waals surface area contributed by atoms with Crippen molar-refractivity contribution in [3.63, 3.8) is 0 Å². The second-order valence-corrected chi connectivity index (χ2v) is 4.14. The summed E-state index contributed by atoms with van der Waals surface area (Å²) in [5.74, 6) is 0.570. The van der Waals surface area contributed by atoms with Gasteiger partial charge in [-0.2, -0.15) is 13.2 Å². The maximum absolute atomic E-state index is 12.5. The molecule has 2 rings (SSSR count). The van der Waals surface area contributed by atoms with Crippen molar-refractivity contribution in [3.05, 3.63) is 29.3 Å². The molecule has 1 saturated heterocycles. The summed E-state index contributed by atoms with van der Waals surface area (Å²) < 4.78 is 42.7. The van der Waals surface area contributed by atoms with E-state index < -0.39 is 11.7 Å². The monoisotopic (exact) mass is 245 g/mol. The van der Waals surface area contributed by atoms with E-state index in [0.717, 1.165) is 37.2 Å². The van der Waals surface area contributed by atoms with Gasteiger partial charge in [0.05, 0.1) is 12.7 Å². The Hall–Kier alpha value is -1.23. The molecule has 1 aliphatic rings. The van der Waals surface area contributed by atoms with Gasteiger partial charge in [0, 0.05) is 12.5 Å². The summed E-state index contributed by atoms with van der Waals surface area (Å²) in [5.41, 5.74) is 0.189. The topological polar surface area (TPSA) is 21.3 Å². The average Bonchev–Trinajstić information content (AvgIpc) is 2.80. The number of nitrogens with one attached hydrogen (secondary N) is 1. The van der Waals surface area contributed by atoms with Crippen LogP contribution in [0.1, 0.15) is 23.5 Å². The van der Waals surface area contributed by atoms with Gasteiger partial charge in [-0.25, -0.2) is 0 Å². The molecule has 0 aromatic heterocycles. The van der Waals surface area contributed by atoms with Crippen molar-refractivity contribution in [2.75, 3.05) is 20.2 Å². The molecule has 2 nitrogen and oxygen atoms in total. The van der Waals surface area contributed by atoms with Crippen LogP contribution in [0.5, 0.6) is 5.75 Å². The molecule has 1 heterocycles. The highest BCUT2D eigenvalue weighted by Crippen LogP contribution is 2.36. The molecular weight excluding hydrogens is 231 g/mol. The highest BCUT2D eigenvalue weighted by molar-refractivity contribution is 5.41. The Morgan fingerprint density at radius 2 is 2.12 bits per heavy atom. The molecule has 94 valence electrons. The molecule has 0 amide bonds. The van der Waals surface area contributed by atoms with Crippen LogP contribution in [0.15, 0.2) is 18.2 Å². The first-order valence-electron chi connectivity index (χ1n) is 5.48. The van der Waals surface area contributed by atoms with Crippen molar-refractivity contribution in [3.8, 4) is 5.75 Å². The number of halogens is 3. The smallest absolute Gasteiger partial charge is 0.416 e. The lowest BCUT2D eigenvalue weighted by atomic mass is 9.96. The van der Waals surface area contributed by atoms with Gasteiger partial charge < -0.3 is 10.1 Å². The summed E-state index contributed by atoms with van der Waals surface area (Å²) in [5, 5.41) is 3.19. The van der Waals surface area contributed by atoms with Crippen LogP contribution in [-0.4, -0.2) is 20.2 Å². The predicted molar refractivity (Wildman–Crippen MR) is 58.2 cm³/mol. The molecular formula is C12H14F3NO. The molecule has 1 aromatic carbocycles. The first-order chi connectivity index (χ1) is 8.02. The number of methoxy groups -OCH3 is 1. The van der Waals surface area contributed by atoms with Crippen LogP contribution >= 0.6 is 0 Å². The molecule has 1 aliphatic heterocycles. The molecule has 5 heteroatoms. The molecule has 1 unspecified atom stereocenters. The molecule has 0 aliphatic carbocycles. The minimum absolute atomic E-state index is 0.243. The third kappa shape index (κ3) is 2.54. The zero-order chi connectivity index (χ0) is 12.5. The van der Waals surface area contributed by atoms with Gasteiger partial charge in [-0.15, -0.1) is 0 Å². The van der Waals surface area contributed by atoms with Gasteiger partial charge in [-0.1, -0.05) is 6.07 Å². The maximum Gasteiger partial charge on any atom is 0.416 e. The molecule has 0 spiro atoms. The quantitative estimate of drug-likeness (QED) is 0.865. The van der Waals surface area contributed by atoms with E-state index >= 15 is 0 Å². The van der Waals surface area contributed by atoms with E-state index in [2.05, 4.69) is 5.32 Å². The van der Waals surface area contributed by atoms with Crippen LogP contribution in [-0.2, 0) is 6.18 Å². The van der Waals surface area contributed by atoms with E-state index in [1.807, 2.05) is 0 Å². The summed E-state index contributed by atoms with van der Waals surface area (Å²) in [6.07, 6.45) is -3.39. The van der Waals surface area contributed by atoms with Gasteiger partial charge in [0.15, 0.2) is 0 Å². The highest BCUT2D eigenvalue weighted by Gasteiger charge is 2.32. The van der Waals surface area contributed by atoms with E-state index in [9.17, 15) is 13.2 Å². The fourth-order valence-electron chi connectivity index (χ4n) is 2.14. The molecule has 1 atom stereocenters. The Balaban J connectivity index is 2.34. The van der Waals surface area contributed by atoms with Crippen LogP contribution in [0.25, 0.3) is 0 Å². The van der Waals surface area contributed by atoms with Gasteiger partial charge >= 0.3 is 6.18 Å². The van der Waals surface area contributed by atoms with E-state index in [1.54, 1.807) is 0 Å². The molecule has 0 radical (unpaired) electrons. The minimum Gasteiger partial charge on any atom is -0.496 e. The summed E-state index contributed by atoms with van der Waals surface area (Å²) in [7, 11) is 1.40. The summed E-state index contributed by atoms with van der Waals surface area (Å²) in [6, 6.07) is 3.73. The second kappa shape index (κ2) is 4.56. The lowest BCUT2D eigenvalue weighted by Crippen LogP contribution is -2.10. The maximum atomic E-state index is 12.5. The number of alkyl halides is 3. The van der Waals surface area contributed by atoms with E-state index in [1.165, 1.54) is 13.2 Å². The highest BCUT2D eigenvalue weighted by atomic mass is 19.4. The van der Waals surface area contributed by atoms with Crippen LogP contribution in [0.3, 0.4) is 0 Å². The van der Waals surface area contributed by atoms with Gasteiger partial charge in [-0.3, -0.25) is 0 Å². The SMILES string of the molecule is COc1cc(C(F)(F)F)ccc1C1CCNC1. The molecule has 0 bridgehead atoms. The van der Waals surface area contributed by atoms with Gasteiger partial charge in [0.1, 0.15) is 5.75 Å². The normalized spacial score (nSPS) is 20.6. The standard InChI is InChI=1S/C12H14F3NO/c1-17-11-6-9(12(13,14)15)2-3-10(11)8-4-5-16-7-8/h2-3,6,8,16H,4-5,7H2,1H3. The van der Waals surface area contributed by atoms with Crippen molar-refractivity contribution < 1.29 is 17.9 Å². The number of hydrogen-bond acceptors (Lipinski definition) is 2. The molecule has 0 saturated carbocycles. The number of hydrogen-bond donors (Lipinski definition) is 1. The average molecular weight is 245 g/mol. The molecule has 1 fully saturated rings. The summed E-state index contributed by atoms with van der Waals surface area (Å²) in [6.45, 7) is 1.69. The van der Waals surface area contributed by atoms with Crippen LogP contribution in [0.2, 0.25) is 0 Å². The van der Waals surface area contributed by atoms with Crippen molar-refractivity contribution in [1.82, 2.24) is 5.32 Å². The van der Waals surface area contributed by atoms with E-state index in [-0.39, 0.29) is 5.92 Å². The summed E-state index contributed by atoms with van der Waals surface area (Å²) >= 11 is 0. The van der Waals surface area contributed by atoms with Crippen molar-refractivity contribution >= 4 is 0 Å². The number of benzene rings is 1. The van der Waals surface area contributed by atoms with Gasteiger partial charge in [0.2, 0.25) is 0 Å². The Morgan fingerprint density at radius 1 is 1.35 bits per heavy atom. The molecule has 17 heavy (non-hydrogen) atoms. The van der Waals surface area contributed by atoms with Crippen molar-refractivity contribution in [2.45, 2.75) is 18.5 Å². The van der Waals surface area contributed by atoms with Crippen molar-refractivity contribution in [2.24, 2.45) is 0 Å².